The number of carbonyl (C=O) groups excluding carboxylic acids is 1. The third kappa shape index (κ3) is 2.73. The van der Waals surface area contributed by atoms with Crippen molar-refractivity contribution < 1.29 is 9.18 Å². The molecule has 0 unspecified atom stereocenters. The molecule has 2 aromatic rings. The Morgan fingerprint density at radius 2 is 2.16 bits per heavy atom. The molecule has 98 valence electrons. The number of hydrogen-bond donors (Lipinski definition) is 1. The maximum absolute atomic E-state index is 13.2. The number of amides is 1. The van der Waals surface area contributed by atoms with E-state index in [0.29, 0.717) is 16.9 Å². The predicted molar refractivity (Wildman–Crippen MR) is 75.5 cm³/mol. The lowest BCUT2D eigenvalue weighted by atomic mass is 10.2. The summed E-state index contributed by atoms with van der Waals surface area (Å²) >= 11 is 3.05. The third-order valence-electron chi connectivity index (χ3n) is 2.66. The van der Waals surface area contributed by atoms with Crippen molar-refractivity contribution in [2.75, 3.05) is 17.7 Å². The molecule has 0 spiro atoms. The van der Waals surface area contributed by atoms with Gasteiger partial charge in [-0.1, -0.05) is 0 Å². The van der Waals surface area contributed by atoms with Gasteiger partial charge in [-0.05, 0) is 40.2 Å². The maximum atomic E-state index is 13.2. The molecule has 1 amide bonds. The number of nitrogens with two attached hydrogens (primary N) is 1. The Morgan fingerprint density at radius 3 is 2.79 bits per heavy atom. The minimum absolute atomic E-state index is 0.245. The van der Waals surface area contributed by atoms with Crippen LogP contribution in [0.25, 0.3) is 0 Å². The quantitative estimate of drug-likeness (QED) is 0.924. The van der Waals surface area contributed by atoms with Crippen LogP contribution in [0.3, 0.4) is 0 Å². The number of rotatable bonds is 2. The van der Waals surface area contributed by atoms with Crippen LogP contribution >= 0.6 is 15.9 Å². The van der Waals surface area contributed by atoms with Crippen molar-refractivity contribution in [3.05, 3.63) is 52.5 Å². The molecule has 0 atom stereocenters. The van der Waals surface area contributed by atoms with Crippen molar-refractivity contribution in [3.8, 4) is 0 Å². The van der Waals surface area contributed by atoms with E-state index in [1.807, 2.05) is 0 Å². The molecule has 1 aromatic carbocycles. The first-order chi connectivity index (χ1) is 9.00. The molecule has 2 N–H and O–H groups in total. The third-order valence-corrected chi connectivity index (χ3v) is 3.27. The van der Waals surface area contributed by atoms with Crippen molar-refractivity contribution >= 4 is 33.2 Å². The van der Waals surface area contributed by atoms with Gasteiger partial charge in [0.2, 0.25) is 0 Å². The second-order valence-electron chi connectivity index (χ2n) is 3.93. The molecule has 0 fully saturated rings. The molecule has 19 heavy (non-hydrogen) atoms. The van der Waals surface area contributed by atoms with Crippen LogP contribution in [0.5, 0.6) is 0 Å². The highest BCUT2D eigenvalue weighted by atomic mass is 79.9. The predicted octanol–water partition coefficient (Wildman–Crippen LogP) is 2.84. The number of nitrogens with zero attached hydrogens (tertiary/aromatic N) is 2. The van der Waals surface area contributed by atoms with Crippen LogP contribution in [0, 0.1) is 5.82 Å². The summed E-state index contributed by atoms with van der Waals surface area (Å²) in [5.74, 6) is -0.693. The summed E-state index contributed by atoms with van der Waals surface area (Å²) in [5.41, 5.74) is 7.09. The number of aromatic nitrogens is 1. The highest BCUT2D eigenvalue weighted by Crippen LogP contribution is 2.23. The van der Waals surface area contributed by atoms with E-state index in [1.54, 1.807) is 19.3 Å². The first kappa shape index (κ1) is 13.5. The zero-order valence-corrected chi connectivity index (χ0v) is 11.7. The van der Waals surface area contributed by atoms with E-state index in [0.717, 1.165) is 0 Å². The lowest BCUT2D eigenvalue weighted by Crippen LogP contribution is -2.27. The van der Waals surface area contributed by atoms with Gasteiger partial charge < -0.3 is 10.6 Å². The average Bonchev–Trinajstić information content (AvgIpc) is 2.41. The molecule has 4 nitrogen and oxygen atoms in total. The van der Waals surface area contributed by atoms with Gasteiger partial charge in [-0.15, -0.1) is 0 Å². The fourth-order valence-corrected chi connectivity index (χ4v) is 2.02. The number of benzene rings is 1. The lowest BCUT2D eigenvalue weighted by molar-refractivity contribution is 0.0993. The number of anilines is 2. The van der Waals surface area contributed by atoms with Crippen molar-refractivity contribution in [1.29, 1.82) is 0 Å². The normalized spacial score (nSPS) is 10.3. The van der Waals surface area contributed by atoms with Gasteiger partial charge in [0.25, 0.3) is 5.91 Å². The number of hydrogen-bond acceptors (Lipinski definition) is 3. The zero-order chi connectivity index (χ0) is 14.0. The zero-order valence-electron chi connectivity index (χ0n) is 10.1. The number of pyridine rings is 1. The summed E-state index contributed by atoms with van der Waals surface area (Å²) in [5, 5.41) is 0. The first-order valence-corrected chi connectivity index (χ1v) is 6.22. The highest BCUT2D eigenvalue weighted by Gasteiger charge is 2.16. The molecule has 2 rings (SSSR count). The van der Waals surface area contributed by atoms with E-state index in [-0.39, 0.29) is 10.4 Å². The molecule has 0 aliphatic rings. The average molecular weight is 324 g/mol. The lowest BCUT2D eigenvalue weighted by Gasteiger charge is -2.19. The molecule has 0 aliphatic heterocycles. The Bertz CT molecular complexity index is 633. The molecule has 1 heterocycles. The summed E-state index contributed by atoms with van der Waals surface area (Å²) in [4.78, 5) is 17.5. The molecular weight excluding hydrogens is 313 g/mol. The SMILES string of the molecule is CN(C(=O)c1ccc(F)c(Br)c1)c1ccncc1N. The summed E-state index contributed by atoms with van der Waals surface area (Å²) < 4.78 is 13.4. The number of carbonyl (C=O) groups is 1. The molecule has 0 bridgehead atoms. The molecule has 6 heteroatoms. The molecule has 0 saturated heterocycles. The van der Waals surface area contributed by atoms with Gasteiger partial charge in [-0.3, -0.25) is 9.78 Å². The summed E-state index contributed by atoms with van der Waals surface area (Å²) in [6, 6.07) is 5.74. The molecule has 0 aliphatic carbocycles. The monoisotopic (exact) mass is 323 g/mol. The number of nitrogen functional groups attached to an aromatic ring is 1. The van der Waals surface area contributed by atoms with Crippen molar-refractivity contribution in [2.45, 2.75) is 0 Å². The Kier molecular flexibility index (Phi) is 3.80. The Hall–Kier alpha value is -1.95. The minimum Gasteiger partial charge on any atom is -0.396 e. The van der Waals surface area contributed by atoms with E-state index in [9.17, 15) is 9.18 Å². The molecule has 0 saturated carbocycles. The van der Waals surface area contributed by atoms with Crippen LogP contribution < -0.4 is 10.6 Å². The fraction of sp³-hybridized carbons (Fsp3) is 0.0769. The number of halogens is 2. The Morgan fingerprint density at radius 1 is 1.42 bits per heavy atom. The Labute approximate surface area is 118 Å². The largest absolute Gasteiger partial charge is 0.396 e. The van der Waals surface area contributed by atoms with Crippen molar-refractivity contribution in [2.24, 2.45) is 0 Å². The minimum atomic E-state index is -0.414. The molecule has 1 aromatic heterocycles. The van der Waals surface area contributed by atoms with Crippen molar-refractivity contribution in [1.82, 2.24) is 4.98 Å². The van der Waals surface area contributed by atoms with Gasteiger partial charge in [0.1, 0.15) is 5.82 Å². The van der Waals surface area contributed by atoms with Gasteiger partial charge in [0, 0.05) is 18.8 Å². The topological polar surface area (TPSA) is 59.2 Å². The molecule has 0 radical (unpaired) electrons. The van der Waals surface area contributed by atoms with Crippen molar-refractivity contribution in [3.63, 3.8) is 0 Å². The van der Waals surface area contributed by atoms with E-state index < -0.39 is 5.82 Å². The van der Waals surface area contributed by atoms with Crippen LogP contribution in [-0.4, -0.2) is 17.9 Å². The highest BCUT2D eigenvalue weighted by molar-refractivity contribution is 9.10. The van der Waals surface area contributed by atoms with Crippen LogP contribution in [0.2, 0.25) is 0 Å². The van der Waals surface area contributed by atoms with Gasteiger partial charge >= 0.3 is 0 Å². The van der Waals surface area contributed by atoms with Gasteiger partial charge in [0.15, 0.2) is 0 Å². The van der Waals surface area contributed by atoms with Crippen LogP contribution in [-0.2, 0) is 0 Å². The van der Waals surface area contributed by atoms with E-state index >= 15 is 0 Å². The second-order valence-corrected chi connectivity index (χ2v) is 4.78. The fourth-order valence-electron chi connectivity index (χ4n) is 1.64. The van der Waals surface area contributed by atoms with Gasteiger partial charge in [-0.25, -0.2) is 4.39 Å². The summed E-state index contributed by atoms with van der Waals surface area (Å²) in [6.45, 7) is 0. The van der Waals surface area contributed by atoms with Gasteiger partial charge in [-0.2, -0.15) is 0 Å². The second kappa shape index (κ2) is 5.36. The van der Waals surface area contributed by atoms with Crippen LogP contribution in [0.15, 0.2) is 41.1 Å². The van der Waals surface area contributed by atoms with Crippen LogP contribution in [0.4, 0.5) is 15.8 Å². The van der Waals surface area contributed by atoms with E-state index in [2.05, 4.69) is 20.9 Å². The van der Waals surface area contributed by atoms with Crippen LogP contribution in [0.1, 0.15) is 10.4 Å². The smallest absolute Gasteiger partial charge is 0.258 e. The molecular formula is C13H11BrFN3O. The Balaban J connectivity index is 2.34. The summed E-state index contributed by atoms with van der Waals surface area (Å²) in [6.07, 6.45) is 3.02. The summed E-state index contributed by atoms with van der Waals surface area (Å²) in [7, 11) is 1.60. The maximum Gasteiger partial charge on any atom is 0.258 e. The standard InChI is InChI=1S/C13H11BrFN3O/c1-18(12-4-5-17-7-11(12)16)13(19)8-2-3-10(15)9(14)6-8/h2-7H,16H2,1H3. The van der Waals surface area contributed by atoms with E-state index in [4.69, 9.17) is 5.73 Å². The van der Waals surface area contributed by atoms with E-state index in [1.165, 1.54) is 29.3 Å². The van der Waals surface area contributed by atoms with Gasteiger partial charge in [0.05, 0.1) is 22.0 Å². The first-order valence-electron chi connectivity index (χ1n) is 5.43.